The third-order valence-corrected chi connectivity index (χ3v) is 4.28. The number of H-pyrrole nitrogens is 1. The molecule has 0 spiro atoms. The fourth-order valence-corrected chi connectivity index (χ4v) is 2.84. The lowest BCUT2D eigenvalue weighted by atomic mass is 10.2. The van der Waals surface area contributed by atoms with E-state index in [2.05, 4.69) is 25.4 Å². The van der Waals surface area contributed by atoms with E-state index in [-0.39, 0.29) is 5.91 Å². The van der Waals surface area contributed by atoms with Gasteiger partial charge in [-0.25, -0.2) is 4.98 Å². The van der Waals surface area contributed by atoms with Gasteiger partial charge in [-0.1, -0.05) is 0 Å². The van der Waals surface area contributed by atoms with E-state index in [1.54, 1.807) is 6.20 Å². The van der Waals surface area contributed by atoms with Crippen molar-refractivity contribution in [1.29, 1.82) is 0 Å². The molecule has 1 saturated heterocycles. The standard InChI is InChI=1S/C16H19N5O/c22-16(14-9-13(19-20-14)11-3-4-11)18-12-5-6-15(17-10-12)21-7-1-2-8-21/h5-6,9-11H,1-4,7-8H2,(H,18,22)(H,19,20). The molecule has 2 N–H and O–H groups in total. The normalized spacial score (nSPS) is 17.7. The van der Waals surface area contributed by atoms with Gasteiger partial charge < -0.3 is 10.2 Å². The van der Waals surface area contributed by atoms with Gasteiger partial charge in [0.15, 0.2) is 5.69 Å². The van der Waals surface area contributed by atoms with Crippen LogP contribution in [-0.2, 0) is 0 Å². The molecule has 0 bridgehead atoms. The first-order valence-corrected chi connectivity index (χ1v) is 7.87. The molecule has 0 aromatic carbocycles. The number of rotatable bonds is 4. The highest BCUT2D eigenvalue weighted by atomic mass is 16.1. The van der Waals surface area contributed by atoms with Crippen LogP contribution in [0.2, 0.25) is 0 Å². The quantitative estimate of drug-likeness (QED) is 0.909. The summed E-state index contributed by atoms with van der Waals surface area (Å²) in [6.45, 7) is 2.13. The minimum atomic E-state index is -0.195. The van der Waals surface area contributed by atoms with Crippen molar-refractivity contribution >= 4 is 17.4 Å². The molecule has 2 aromatic heterocycles. The van der Waals surface area contributed by atoms with Crippen LogP contribution in [0.4, 0.5) is 11.5 Å². The van der Waals surface area contributed by atoms with Crippen LogP contribution in [0, 0.1) is 0 Å². The predicted molar refractivity (Wildman–Crippen MR) is 84.2 cm³/mol. The van der Waals surface area contributed by atoms with Gasteiger partial charge in [-0.05, 0) is 43.9 Å². The van der Waals surface area contributed by atoms with Crippen molar-refractivity contribution in [2.24, 2.45) is 0 Å². The van der Waals surface area contributed by atoms with Crippen molar-refractivity contribution in [3.8, 4) is 0 Å². The highest BCUT2D eigenvalue weighted by molar-refractivity contribution is 6.02. The van der Waals surface area contributed by atoms with Crippen molar-refractivity contribution in [3.63, 3.8) is 0 Å². The van der Waals surface area contributed by atoms with Gasteiger partial charge in [0.05, 0.1) is 11.9 Å². The van der Waals surface area contributed by atoms with Gasteiger partial charge in [-0.2, -0.15) is 5.10 Å². The van der Waals surface area contributed by atoms with Crippen LogP contribution in [0.1, 0.15) is 47.8 Å². The average molecular weight is 297 g/mol. The SMILES string of the molecule is O=C(Nc1ccc(N2CCCC2)nc1)c1cc(C2CC2)[nH]n1. The Hall–Kier alpha value is -2.37. The number of anilines is 2. The second-order valence-electron chi connectivity index (χ2n) is 6.04. The summed E-state index contributed by atoms with van der Waals surface area (Å²) in [6, 6.07) is 5.70. The number of aromatic nitrogens is 3. The molecule has 0 atom stereocenters. The lowest BCUT2D eigenvalue weighted by Gasteiger charge is -2.16. The fraction of sp³-hybridized carbons (Fsp3) is 0.438. The summed E-state index contributed by atoms with van der Waals surface area (Å²) in [4.78, 5) is 18.9. The zero-order valence-electron chi connectivity index (χ0n) is 12.4. The predicted octanol–water partition coefficient (Wildman–Crippen LogP) is 2.53. The van der Waals surface area contributed by atoms with Gasteiger partial charge in [-0.15, -0.1) is 0 Å². The fourth-order valence-electron chi connectivity index (χ4n) is 2.84. The molecule has 6 heteroatoms. The van der Waals surface area contributed by atoms with Crippen molar-refractivity contribution in [2.45, 2.75) is 31.6 Å². The molecule has 1 amide bonds. The molecule has 2 aromatic rings. The summed E-state index contributed by atoms with van der Waals surface area (Å²) in [7, 11) is 0. The van der Waals surface area contributed by atoms with Crippen molar-refractivity contribution < 1.29 is 4.79 Å². The Bertz CT molecular complexity index is 668. The van der Waals surface area contributed by atoms with Crippen LogP contribution in [0.3, 0.4) is 0 Å². The number of hydrogen-bond acceptors (Lipinski definition) is 4. The lowest BCUT2D eigenvalue weighted by Crippen LogP contribution is -2.19. The number of carbonyl (C=O) groups excluding carboxylic acids is 1. The van der Waals surface area contributed by atoms with Gasteiger partial charge >= 0.3 is 0 Å². The Morgan fingerprint density at radius 1 is 1.27 bits per heavy atom. The van der Waals surface area contributed by atoms with E-state index in [9.17, 15) is 4.79 Å². The van der Waals surface area contributed by atoms with E-state index in [0.29, 0.717) is 17.3 Å². The topological polar surface area (TPSA) is 73.9 Å². The third-order valence-electron chi connectivity index (χ3n) is 4.28. The minimum Gasteiger partial charge on any atom is -0.357 e. The molecule has 0 unspecified atom stereocenters. The summed E-state index contributed by atoms with van der Waals surface area (Å²) in [5.74, 6) is 1.35. The van der Waals surface area contributed by atoms with Crippen molar-refractivity contribution in [1.82, 2.24) is 15.2 Å². The largest absolute Gasteiger partial charge is 0.357 e. The van der Waals surface area contributed by atoms with Crippen LogP contribution in [0.15, 0.2) is 24.4 Å². The van der Waals surface area contributed by atoms with Crippen LogP contribution in [-0.4, -0.2) is 34.2 Å². The Labute approximate surface area is 128 Å². The van der Waals surface area contributed by atoms with Crippen LogP contribution >= 0.6 is 0 Å². The second-order valence-corrected chi connectivity index (χ2v) is 6.04. The van der Waals surface area contributed by atoms with Gasteiger partial charge in [0.25, 0.3) is 5.91 Å². The number of nitrogens with one attached hydrogen (secondary N) is 2. The molecule has 1 aliphatic carbocycles. The highest BCUT2D eigenvalue weighted by Crippen LogP contribution is 2.39. The van der Waals surface area contributed by atoms with E-state index in [1.807, 2.05) is 18.2 Å². The van der Waals surface area contributed by atoms with E-state index >= 15 is 0 Å². The molecule has 4 rings (SSSR count). The molecule has 6 nitrogen and oxygen atoms in total. The molecule has 1 aliphatic heterocycles. The van der Waals surface area contributed by atoms with Gasteiger partial charge in [0.2, 0.25) is 0 Å². The summed E-state index contributed by atoms with van der Waals surface area (Å²) >= 11 is 0. The molecule has 0 radical (unpaired) electrons. The minimum absolute atomic E-state index is 0.195. The average Bonchev–Trinajstić information content (AvgIpc) is 3.05. The molecule has 22 heavy (non-hydrogen) atoms. The molecular weight excluding hydrogens is 278 g/mol. The smallest absolute Gasteiger partial charge is 0.276 e. The Kier molecular flexibility index (Phi) is 3.29. The lowest BCUT2D eigenvalue weighted by molar-refractivity contribution is 0.102. The number of hydrogen-bond donors (Lipinski definition) is 2. The molecular formula is C16H19N5O. The van der Waals surface area contributed by atoms with Crippen LogP contribution in [0.5, 0.6) is 0 Å². The zero-order valence-corrected chi connectivity index (χ0v) is 12.4. The first-order chi connectivity index (χ1) is 10.8. The van der Waals surface area contributed by atoms with Crippen LogP contribution in [0.25, 0.3) is 0 Å². The van der Waals surface area contributed by atoms with Gasteiger partial charge in [0, 0.05) is 24.7 Å². The first kappa shape index (κ1) is 13.3. The maximum Gasteiger partial charge on any atom is 0.276 e. The monoisotopic (exact) mass is 297 g/mol. The van der Waals surface area contributed by atoms with Crippen LogP contribution < -0.4 is 10.2 Å². The van der Waals surface area contributed by atoms with E-state index in [4.69, 9.17) is 0 Å². The molecule has 2 fully saturated rings. The number of amides is 1. The number of carbonyl (C=O) groups is 1. The van der Waals surface area contributed by atoms with E-state index in [0.717, 1.165) is 24.6 Å². The first-order valence-electron chi connectivity index (χ1n) is 7.87. The number of aromatic amines is 1. The van der Waals surface area contributed by atoms with E-state index in [1.165, 1.54) is 25.7 Å². The van der Waals surface area contributed by atoms with Crippen molar-refractivity contribution in [2.75, 3.05) is 23.3 Å². The highest BCUT2D eigenvalue weighted by Gasteiger charge is 2.26. The number of pyridine rings is 1. The van der Waals surface area contributed by atoms with Gasteiger partial charge in [0.1, 0.15) is 5.82 Å². The van der Waals surface area contributed by atoms with E-state index < -0.39 is 0 Å². The third kappa shape index (κ3) is 2.68. The maximum atomic E-state index is 12.2. The summed E-state index contributed by atoms with van der Waals surface area (Å²) in [5.41, 5.74) is 2.20. The summed E-state index contributed by atoms with van der Waals surface area (Å²) in [6.07, 6.45) is 6.53. The van der Waals surface area contributed by atoms with Gasteiger partial charge in [-0.3, -0.25) is 9.89 Å². The zero-order chi connectivity index (χ0) is 14.9. The number of nitrogens with zero attached hydrogens (tertiary/aromatic N) is 3. The molecule has 114 valence electrons. The Balaban J connectivity index is 1.42. The van der Waals surface area contributed by atoms with Crippen molar-refractivity contribution in [3.05, 3.63) is 35.8 Å². The molecule has 2 aliphatic rings. The molecule has 1 saturated carbocycles. The Morgan fingerprint density at radius 2 is 2.09 bits per heavy atom. The maximum absolute atomic E-state index is 12.2. The second kappa shape index (κ2) is 5.44. The molecule has 3 heterocycles. The summed E-state index contributed by atoms with van der Waals surface area (Å²) < 4.78 is 0. The Morgan fingerprint density at radius 3 is 2.77 bits per heavy atom. The summed E-state index contributed by atoms with van der Waals surface area (Å²) in [5, 5.41) is 9.88.